The van der Waals surface area contributed by atoms with Gasteiger partial charge in [-0.2, -0.15) is 0 Å². The number of aryl methyl sites for hydroxylation is 1. The fourth-order valence-corrected chi connectivity index (χ4v) is 4.33. The van der Waals surface area contributed by atoms with Crippen LogP contribution in [0.5, 0.6) is 0 Å². The van der Waals surface area contributed by atoms with Crippen molar-refractivity contribution in [2.75, 3.05) is 18.8 Å². The molecule has 0 amide bonds. The molecule has 5 heteroatoms. The standard InChI is InChI=1S/C13H19NO2S.ClH/c1-11-4-2-3-5-13(11)17(15,16)10-12-6-8-14-9-7-12;/h2-5,12,14H,6-10H2,1H3;1H. The molecular formula is C13H20ClNO2S. The number of benzene rings is 1. The van der Waals surface area contributed by atoms with E-state index in [1.807, 2.05) is 19.1 Å². The third kappa shape index (κ3) is 3.70. The third-order valence-corrected chi connectivity index (χ3v) is 5.38. The van der Waals surface area contributed by atoms with Crippen LogP contribution in [0.25, 0.3) is 0 Å². The second-order valence-corrected chi connectivity index (χ2v) is 6.74. The molecule has 0 aromatic heterocycles. The van der Waals surface area contributed by atoms with Gasteiger partial charge in [0.2, 0.25) is 0 Å². The first-order valence-electron chi connectivity index (χ1n) is 6.09. The van der Waals surface area contributed by atoms with E-state index in [0.29, 0.717) is 16.6 Å². The van der Waals surface area contributed by atoms with Crippen LogP contribution in [0, 0.1) is 12.8 Å². The molecule has 1 heterocycles. The zero-order chi connectivity index (χ0) is 12.3. The summed E-state index contributed by atoms with van der Waals surface area (Å²) in [5.41, 5.74) is 0.849. The maximum absolute atomic E-state index is 12.3. The van der Waals surface area contributed by atoms with E-state index in [1.54, 1.807) is 12.1 Å². The van der Waals surface area contributed by atoms with E-state index >= 15 is 0 Å². The van der Waals surface area contributed by atoms with Gasteiger partial charge in [-0.05, 0) is 50.4 Å². The Morgan fingerprint density at radius 1 is 1.22 bits per heavy atom. The van der Waals surface area contributed by atoms with Crippen LogP contribution in [0.3, 0.4) is 0 Å². The Bertz CT molecular complexity index is 482. The number of hydrogen-bond donors (Lipinski definition) is 1. The molecule has 0 bridgehead atoms. The lowest BCUT2D eigenvalue weighted by Gasteiger charge is -2.22. The zero-order valence-corrected chi connectivity index (χ0v) is 12.2. The maximum atomic E-state index is 12.3. The molecule has 18 heavy (non-hydrogen) atoms. The fourth-order valence-electron chi connectivity index (χ4n) is 2.35. The van der Waals surface area contributed by atoms with Crippen LogP contribution in [-0.4, -0.2) is 27.3 Å². The molecule has 0 unspecified atom stereocenters. The van der Waals surface area contributed by atoms with Gasteiger partial charge < -0.3 is 5.32 Å². The van der Waals surface area contributed by atoms with E-state index in [4.69, 9.17) is 0 Å². The molecule has 102 valence electrons. The Labute approximate surface area is 115 Å². The van der Waals surface area contributed by atoms with E-state index in [0.717, 1.165) is 31.5 Å². The molecule has 1 saturated heterocycles. The monoisotopic (exact) mass is 289 g/mol. The van der Waals surface area contributed by atoms with Gasteiger partial charge >= 0.3 is 0 Å². The highest BCUT2D eigenvalue weighted by molar-refractivity contribution is 7.91. The first kappa shape index (κ1) is 15.5. The van der Waals surface area contributed by atoms with Crippen molar-refractivity contribution in [3.63, 3.8) is 0 Å². The minimum absolute atomic E-state index is 0. The summed E-state index contributed by atoms with van der Waals surface area (Å²) in [6.45, 7) is 3.73. The fraction of sp³-hybridized carbons (Fsp3) is 0.538. The topological polar surface area (TPSA) is 46.2 Å². The Kier molecular flexibility index (Phi) is 5.63. The van der Waals surface area contributed by atoms with Crippen molar-refractivity contribution in [3.8, 4) is 0 Å². The van der Waals surface area contributed by atoms with Gasteiger partial charge in [0.05, 0.1) is 10.6 Å². The molecule has 1 N–H and O–H groups in total. The molecule has 3 nitrogen and oxygen atoms in total. The van der Waals surface area contributed by atoms with Gasteiger partial charge in [-0.3, -0.25) is 0 Å². The quantitative estimate of drug-likeness (QED) is 0.928. The third-order valence-electron chi connectivity index (χ3n) is 3.34. The summed E-state index contributed by atoms with van der Waals surface area (Å²) in [7, 11) is -3.12. The van der Waals surface area contributed by atoms with E-state index in [-0.39, 0.29) is 12.4 Å². The second kappa shape index (κ2) is 6.55. The van der Waals surface area contributed by atoms with E-state index < -0.39 is 9.84 Å². The highest BCUT2D eigenvalue weighted by Gasteiger charge is 2.23. The van der Waals surface area contributed by atoms with Crippen LogP contribution < -0.4 is 5.32 Å². The molecule has 0 saturated carbocycles. The average molecular weight is 290 g/mol. The highest BCUT2D eigenvalue weighted by atomic mass is 35.5. The number of rotatable bonds is 3. The molecule has 1 aliphatic rings. The molecule has 0 atom stereocenters. The van der Waals surface area contributed by atoms with Crippen molar-refractivity contribution in [2.45, 2.75) is 24.7 Å². The molecule has 0 radical (unpaired) electrons. The van der Waals surface area contributed by atoms with Crippen LogP contribution >= 0.6 is 12.4 Å². The molecule has 0 aliphatic carbocycles. The molecule has 1 fully saturated rings. The lowest BCUT2D eigenvalue weighted by molar-refractivity contribution is 0.401. The lowest BCUT2D eigenvalue weighted by atomic mass is 10.0. The van der Waals surface area contributed by atoms with Gasteiger partial charge in [0, 0.05) is 0 Å². The van der Waals surface area contributed by atoms with Crippen LogP contribution in [0.1, 0.15) is 18.4 Å². The zero-order valence-electron chi connectivity index (χ0n) is 10.6. The van der Waals surface area contributed by atoms with Gasteiger partial charge in [-0.15, -0.1) is 12.4 Å². The predicted octanol–water partition coefficient (Wildman–Crippen LogP) is 2.19. The summed E-state index contributed by atoms with van der Waals surface area (Å²) in [5, 5.41) is 3.26. The minimum Gasteiger partial charge on any atom is -0.317 e. The van der Waals surface area contributed by atoms with Gasteiger partial charge in [0.1, 0.15) is 0 Å². The number of piperidine rings is 1. The number of nitrogens with one attached hydrogen (secondary N) is 1. The Morgan fingerprint density at radius 2 is 1.83 bits per heavy atom. The van der Waals surface area contributed by atoms with Crippen molar-refractivity contribution in [1.82, 2.24) is 5.32 Å². The van der Waals surface area contributed by atoms with Crippen LogP contribution in [0.15, 0.2) is 29.2 Å². The van der Waals surface area contributed by atoms with Gasteiger partial charge in [0.25, 0.3) is 0 Å². The predicted molar refractivity (Wildman–Crippen MR) is 76.1 cm³/mol. The largest absolute Gasteiger partial charge is 0.317 e. The van der Waals surface area contributed by atoms with Crippen molar-refractivity contribution in [3.05, 3.63) is 29.8 Å². The lowest BCUT2D eigenvalue weighted by Crippen LogP contribution is -2.31. The summed E-state index contributed by atoms with van der Waals surface area (Å²) < 4.78 is 24.6. The van der Waals surface area contributed by atoms with Gasteiger partial charge in [0.15, 0.2) is 9.84 Å². The summed E-state index contributed by atoms with van der Waals surface area (Å²) in [5.74, 6) is 0.598. The van der Waals surface area contributed by atoms with E-state index in [2.05, 4.69) is 5.32 Å². The summed E-state index contributed by atoms with van der Waals surface area (Å²) >= 11 is 0. The summed E-state index contributed by atoms with van der Waals surface area (Å²) in [6, 6.07) is 7.24. The van der Waals surface area contributed by atoms with Gasteiger partial charge in [-0.1, -0.05) is 18.2 Å². The maximum Gasteiger partial charge on any atom is 0.178 e. The van der Waals surface area contributed by atoms with Crippen LogP contribution in [0.2, 0.25) is 0 Å². The highest BCUT2D eigenvalue weighted by Crippen LogP contribution is 2.21. The molecule has 0 spiro atoms. The molecule has 1 aromatic carbocycles. The van der Waals surface area contributed by atoms with Crippen molar-refractivity contribution < 1.29 is 8.42 Å². The first-order valence-corrected chi connectivity index (χ1v) is 7.74. The molecular weight excluding hydrogens is 270 g/mol. The normalized spacial score (nSPS) is 17.2. The number of sulfone groups is 1. The Morgan fingerprint density at radius 3 is 2.44 bits per heavy atom. The van der Waals surface area contributed by atoms with Crippen LogP contribution in [-0.2, 0) is 9.84 Å². The van der Waals surface area contributed by atoms with Gasteiger partial charge in [-0.25, -0.2) is 8.42 Å². The summed E-state index contributed by atoms with van der Waals surface area (Å²) in [4.78, 5) is 0.499. The van der Waals surface area contributed by atoms with Crippen molar-refractivity contribution >= 4 is 22.2 Å². The first-order chi connectivity index (χ1) is 8.09. The molecule has 1 aliphatic heterocycles. The Balaban J connectivity index is 0.00000162. The average Bonchev–Trinajstić information content (AvgIpc) is 2.30. The minimum atomic E-state index is -3.12. The Hall–Kier alpha value is -0.580. The second-order valence-electron chi connectivity index (χ2n) is 4.74. The molecule has 2 rings (SSSR count). The van der Waals surface area contributed by atoms with E-state index in [9.17, 15) is 8.42 Å². The van der Waals surface area contributed by atoms with E-state index in [1.165, 1.54) is 0 Å². The summed E-state index contributed by atoms with van der Waals surface area (Å²) in [6.07, 6.45) is 1.93. The van der Waals surface area contributed by atoms with Crippen molar-refractivity contribution in [1.29, 1.82) is 0 Å². The SMILES string of the molecule is Cc1ccccc1S(=O)(=O)CC1CCNCC1.Cl. The number of halogens is 1. The van der Waals surface area contributed by atoms with Crippen LogP contribution in [0.4, 0.5) is 0 Å². The smallest absolute Gasteiger partial charge is 0.178 e. The number of hydrogen-bond acceptors (Lipinski definition) is 3. The van der Waals surface area contributed by atoms with Crippen molar-refractivity contribution in [2.24, 2.45) is 5.92 Å². The molecule has 1 aromatic rings.